The van der Waals surface area contributed by atoms with Gasteiger partial charge < -0.3 is 14.5 Å². The van der Waals surface area contributed by atoms with Crippen LogP contribution in [0, 0.1) is 5.82 Å². The monoisotopic (exact) mass is 450 g/mol. The van der Waals surface area contributed by atoms with Gasteiger partial charge in [-0.3, -0.25) is 9.69 Å². The first kappa shape index (κ1) is 22.3. The lowest BCUT2D eigenvalue weighted by molar-refractivity contribution is -0.147. The second-order valence-corrected chi connectivity index (χ2v) is 7.48. The van der Waals surface area contributed by atoms with Crippen LogP contribution in [-0.2, 0) is 25.5 Å². The molecule has 0 radical (unpaired) electrons. The van der Waals surface area contributed by atoms with Crippen LogP contribution in [0.3, 0.4) is 0 Å². The molecular weight excluding hydrogens is 427 g/mol. The van der Waals surface area contributed by atoms with Gasteiger partial charge in [-0.1, -0.05) is 18.2 Å². The second kappa shape index (κ2) is 9.28. The van der Waals surface area contributed by atoms with Crippen molar-refractivity contribution in [3.05, 3.63) is 77.4 Å². The van der Waals surface area contributed by atoms with Crippen molar-refractivity contribution in [1.82, 2.24) is 9.88 Å². The summed E-state index contributed by atoms with van der Waals surface area (Å²) in [5.74, 6) is -2.30. The van der Waals surface area contributed by atoms with Crippen LogP contribution in [0.5, 0.6) is 0 Å². The van der Waals surface area contributed by atoms with Crippen molar-refractivity contribution < 1.29 is 28.2 Å². The van der Waals surface area contributed by atoms with Gasteiger partial charge in [0, 0.05) is 29.1 Å². The van der Waals surface area contributed by atoms with Crippen LogP contribution in [0.15, 0.2) is 54.7 Å². The van der Waals surface area contributed by atoms with E-state index in [0.717, 1.165) is 23.0 Å². The van der Waals surface area contributed by atoms with Crippen LogP contribution in [-0.4, -0.2) is 47.0 Å². The van der Waals surface area contributed by atoms with Crippen molar-refractivity contribution >= 4 is 34.3 Å². The molecule has 1 aromatic heterocycles. The molecule has 1 aliphatic rings. The SMILES string of the molecule is CCOC(=O)C1=CN(C(=O)c2ccc(F)cc2)[C@H](C(=O)OCC)Cc2c1[nH]c1ccccc21. The number of aromatic amines is 1. The van der Waals surface area contributed by atoms with E-state index in [1.165, 1.54) is 23.2 Å². The number of nitrogens with zero attached hydrogens (tertiary/aromatic N) is 1. The minimum absolute atomic E-state index is 0.116. The largest absolute Gasteiger partial charge is 0.464 e. The normalized spacial score (nSPS) is 15.4. The minimum atomic E-state index is -1.03. The van der Waals surface area contributed by atoms with E-state index < -0.39 is 29.7 Å². The molecule has 8 heteroatoms. The Kier molecular flexibility index (Phi) is 6.26. The Morgan fingerprint density at radius 3 is 2.42 bits per heavy atom. The van der Waals surface area contributed by atoms with Gasteiger partial charge in [0.15, 0.2) is 0 Å². The van der Waals surface area contributed by atoms with Gasteiger partial charge in [-0.2, -0.15) is 0 Å². The number of halogens is 1. The number of para-hydroxylation sites is 1. The van der Waals surface area contributed by atoms with E-state index in [1.54, 1.807) is 13.8 Å². The second-order valence-electron chi connectivity index (χ2n) is 7.48. The number of nitrogens with one attached hydrogen (secondary N) is 1. The van der Waals surface area contributed by atoms with Crippen LogP contribution in [0.25, 0.3) is 16.5 Å². The number of hydrogen-bond acceptors (Lipinski definition) is 5. The smallest absolute Gasteiger partial charge is 0.341 e. The third-order valence-electron chi connectivity index (χ3n) is 5.46. The lowest BCUT2D eigenvalue weighted by Crippen LogP contribution is -2.43. The molecule has 4 rings (SSSR count). The molecule has 1 amide bonds. The highest BCUT2D eigenvalue weighted by Gasteiger charge is 2.37. The van der Waals surface area contributed by atoms with E-state index in [0.29, 0.717) is 11.3 Å². The molecule has 0 spiro atoms. The molecule has 1 atom stereocenters. The standard InChI is InChI=1S/C25H23FN2O5/c1-3-32-24(30)19-14-28(23(29)15-9-11-16(26)12-10-15)21(25(31)33-4-2)13-18-17-7-5-6-8-20(17)27-22(18)19/h5-12,14,21,27H,3-4,13H2,1-2H3/t21-/m0/s1. The summed E-state index contributed by atoms with van der Waals surface area (Å²) in [5, 5.41) is 0.827. The summed E-state index contributed by atoms with van der Waals surface area (Å²) in [7, 11) is 0. The van der Waals surface area contributed by atoms with E-state index in [1.807, 2.05) is 24.3 Å². The van der Waals surface area contributed by atoms with Gasteiger partial charge in [0.25, 0.3) is 5.91 Å². The number of benzene rings is 2. The van der Waals surface area contributed by atoms with E-state index >= 15 is 0 Å². The van der Waals surface area contributed by atoms with Crippen LogP contribution in [0.4, 0.5) is 4.39 Å². The molecule has 0 fully saturated rings. The van der Waals surface area contributed by atoms with Crippen LogP contribution < -0.4 is 0 Å². The van der Waals surface area contributed by atoms with Crippen molar-refractivity contribution in [2.75, 3.05) is 13.2 Å². The first-order chi connectivity index (χ1) is 15.9. The highest BCUT2D eigenvalue weighted by atomic mass is 19.1. The predicted molar refractivity (Wildman–Crippen MR) is 120 cm³/mol. The maximum Gasteiger partial charge on any atom is 0.341 e. The molecule has 1 aliphatic heterocycles. The summed E-state index contributed by atoms with van der Waals surface area (Å²) < 4.78 is 23.9. The molecule has 3 aromatic rings. The van der Waals surface area contributed by atoms with E-state index in [9.17, 15) is 18.8 Å². The number of amides is 1. The molecule has 170 valence electrons. The lowest BCUT2D eigenvalue weighted by atomic mass is 10.0. The molecule has 0 saturated heterocycles. The number of hydrogen-bond donors (Lipinski definition) is 1. The Bertz CT molecular complexity index is 1250. The van der Waals surface area contributed by atoms with Crippen molar-refractivity contribution in [2.45, 2.75) is 26.3 Å². The molecule has 0 bridgehead atoms. The van der Waals surface area contributed by atoms with Gasteiger partial charge >= 0.3 is 11.9 Å². The molecule has 0 aliphatic carbocycles. The Balaban J connectivity index is 1.91. The van der Waals surface area contributed by atoms with Gasteiger partial charge in [0.1, 0.15) is 11.9 Å². The first-order valence-corrected chi connectivity index (χ1v) is 10.7. The average Bonchev–Trinajstić information content (AvgIpc) is 3.07. The molecular formula is C25H23FN2O5. The van der Waals surface area contributed by atoms with Crippen molar-refractivity contribution in [1.29, 1.82) is 0 Å². The molecule has 1 N–H and O–H groups in total. The Morgan fingerprint density at radius 2 is 1.73 bits per heavy atom. The number of rotatable bonds is 5. The molecule has 2 heterocycles. The molecule has 0 unspecified atom stereocenters. The Hall–Kier alpha value is -3.94. The van der Waals surface area contributed by atoms with Crippen LogP contribution >= 0.6 is 0 Å². The van der Waals surface area contributed by atoms with Crippen LogP contribution in [0.1, 0.15) is 35.5 Å². The quantitative estimate of drug-likeness (QED) is 0.597. The van der Waals surface area contributed by atoms with Crippen molar-refractivity contribution in [2.24, 2.45) is 0 Å². The van der Waals surface area contributed by atoms with Crippen LogP contribution in [0.2, 0.25) is 0 Å². The topological polar surface area (TPSA) is 88.7 Å². The van der Waals surface area contributed by atoms with Gasteiger partial charge in [0.05, 0.1) is 24.5 Å². The zero-order valence-corrected chi connectivity index (χ0v) is 18.3. The van der Waals surface area contributed by atoms with Gasteiger partial charge in [0.2, 0.25) is 0 Å². The summed E-state index contributed by atoms with van der Waals surface area (Å²) in [6.07, 6.45) is 1.44. The molecule has 2 aromatic carbocycles. The predicted octanol–water partition coefficient (Wildman–Crippen LogP) is 3.84. The van der Waals surface area contributed by atoms with Crippen molar-refractivity contribution in [3.8, 4) is 0 Å². The summed E-state index contributed by atoms with van der Waals surface area (Å²) in [4.78, 5) is 43.8. The van der Waals surface area contributed by atoms with E-state index in [-0.39, 0.29) is 30.8 Å². The fourth-order valence-electron chi connectivity index (χ4n) is 3.97. The fourth-order valence-corrected chi connectivity index (χ4v) is 3.97. The number of esters is 2. The number of carbonyl (C=O) groups excluding carboxylic acids is 3. The van der Waals surface area contributed by atoms with Gasteiger partial charge in [-0.05, 0) is 49.7 Å². The third-order valence-corrected chi connectivity index (χ3v) is 5.46. The number of ether oxygens (including phenoxy) is 2. The van der Waals surface area contributed by atoms with Gasteiger partial charge in [-0.15, -0.1) is 0 Å². The summed E-state index contributed by atoms with van der Waals surface area (Å²) in [6, 6.07) is 11.4. The first-order valence-electron chi connectivity index (χ1n) is 10.7. The minimum Gasteiger partial charge on any atom is -0.464 e. The number of H-pyrrole nitrogens is 1. The summed E-state index contributed by atoms with van der Waals surface area (Å²) in [5.41, 5.74) is 2.26. The average molecular weight is 450 g/mol. The van der Waals surface area contributed by atoms with E-state index in [4.69, 9.17) is 9.47 Å². The van der Waals surface area contributed by atoms with Crippen molar-refractivity contribution in [3.63, 3.8) is 0 Å². The third kappa shape index (κ3) is 4.24. The number of fused-ring (bicyclic) bond motifs is 3. The maximum absolute atomic E-state index is 13.4. The Labute approximate surface area is 189 Å². The Morgan fingerprint density at radius 1 is 1.03 bits per heavy atom. The zero-order chi connectivity index (χ0) is 23.5. The molecule has 0 saturated carbocycles. The molecule has 33 heavy (non-hydrogen) atoms. The van der Waals surface area contributed by atoms with E-state index in [2.05, 4.69) is 4.98 Å². The highest BCUT2D eigenvalue weighted by molar-refractivity contribution is 6.18. The summed E-state index contributed by atoms with van der Waals surface area (Å²) >= 11 is 0. The maximum atomic E-state index is 13.4. The number of carbonyl (C=O) groups is 3. The summed E-state index contributed by atoms with van der Waals surface area (Å²) in [6.45, 7) is 3.63. The lowest BCUT2D eigenvalue weighted by Gasteiger charge is -2.26. The van der Waals surface area contributed by atoms with Gasteiger partial charge in [-0.25, -0.2) is 14.0 Å². The highest BCUT2D eigenvalue weighted by Crippen LogP contribution is 2.34. The zero-order valence-electron chi connectivity index (χ0n) is 18.3. The number of aromatic nitrogens is 1. The molecule has 7 nitrogen and oxygen atoms in total. The fraction of sp³-hybridized carbons (Fsp3) is 0.240.